The predicted molar refractivity (Wildman–Crippen MR) is 166 cm³/mol. The molecule has 1 aromatic heterocycles. The lowest BCUT2D eigenvalue weighted by molar-refractivity contribution is 0.477. The van der Waals surface area contributed by atoms with Crippen molar-refractivity contribution in [2.75, 3.05) is 0 Å². The average Bonchev–Trinajstić information content (AvgIpc) is 3.04. The molecular weight excluding hydrogens is 454 g/mol. The van der Waals surface area contributed by atoms with Gasteiger partial charge in [0.25, 0.3) is 0 Å². The van der Waals surface area contributed by atoms with E-state index in [1.807, 2.05) is 150 Å². The zero-order valence-corrected chi connectivity index (χ0v) is 25.4. The van der Waals surface area contributed by atoms with Gasteiger partial charge in [-0.05, 0) is 12.1 Å². The van der Waals surface area contributed by atoms with Gasteiger partial charge in [-0.25, -0.2) is 15.0 Å². The van der Waals surface area contributed by atoms with Crippen molar-refractivity contribution in [3.63, 3.8) is 0 Å². The Morgan fingerprint density at radius 1 is 0.378 bits per heavy atom. The summed E-state index contributed by atoms with van der Waals surface area (Å²) in [5, 5.41) is 10.2. The van der Waals surface area contributed by atoms with Crippen LogP contribution in [0.15, 0.2) is 84.9 Å². The Morgan fingerprint density at radius 2 is 0.676 bits per heavy atom. The molecule has 0 fully saturated rings. The molecule has 4 heteroatoms. The van der Waals surface area contributed by atoms with E-state index in [1.54, 1.807) is 18.2 Å². The number of aromatic nitrogens is 3. The summed E-state index contributed by atoms with van der Waals surface area (Å²) in [5.74, 6) is 1.75. The highest BCUT2D eigenvalue weighted by molar-refractivity contribution is 5.69. The minimum absolute atomic E-state index is 0.145. The maximum Gasteiger partial charge on any atom is 0.167 e. The Bertz CT molecular complexity index is 946. The maximum absolute atomic E-state index is 10.2. The minimum atomic E-state index is 0.145. The molecule has 1 N–H and O–H groups in total. The Hall–Kier alpha value is -3.53. The Balaban J connectivity index is -0.000000852. The summed E-state index contributed by atoms with van der Waals surface area (Å²) >= 11 is 0. The first-order valence-corrected chi connectivity index (χ1v) is 14.0. The van der Waals surface area contributed by atoms with Gasteiger partial charge in [-0.3, -0.25) is 0 Å². The van der Waals surface area contributed by atoms with Gasteiger partial charge in [0.05, 0.1) is 5.56 Å². The van der Waals surface area contributed by atoms with Crippen LogP contribution in [0.25, 0.3) is 34.2 Å². The third-order valence-corrected chi connectivity index (χ3v) is 3.84. The molecule has 0 spiro atoms. The van der Waals surface area contributed by atoms with Crippen molar-refractivity contribution in [1.29, 1.82) is 0 Å². The highest BCUT2D eigenvalue weighted by Gasteiger charge is 2.13. The summed E-state index contributed by atoms with van der Waals surface area (Å²) in [5.41, 5.74) is 2.39. The van der Waals surface area contributed by atoms with Crippen LogP contribution in [-0.4, -0.2) is 20.1 Å². The minimum Gasteiger partial charge on any atom is -0.507 e. The van der Waals surface area contributed by atoms with Crippen molar-refractivity contribution in [3.8, 4) is 39.9 Å². The Morgan fingerprint density at radius 3 is 1.03 bits per heavy atom. The highest BCUT2D eigenvalue weighted by atomic mass is 16.3. The van der Waals surface area contributed by atoms with Crippen molar-refractivity contribution in [3.05, 3.63) is 84.9 Å². The lowest BCUT2D eigenvalue weighted by Gasteiger charge is -2.09. The number of aromatic hydroxyl groups is 1. The zero-order chi connectivity index (χ0) is 29.1. The van der Waals surface area contributed by atoms with Crippen LogP contribution >= 0.6 is 0 Å². The molecule has 0 aliphatic carbocycles. The van der Waals surface area contributed by atoms with Gasteiger partial charge in [0.15, 0.2) is 17.5 Å². The van der Waals surface area contributed by atoms with Crippen LogP contribution < -0.4 is 0 Å². The van der Waals surface area contributed by atoms with Gasteiger partial charge < -0.3 is 5.11 Å². The van der Waals surface area contributed by atoms with Gasteiger partial charge in [-0.1, -0.05) is 156 Å². The van der Waals surface area contributed by atoms with Crippen molar-refractivity contribution in [2.24, 2.45) is 0 Å². The summed E-state index contributed by atoms with van der Waals surface area (Å²) < 4.78 is 0. The zero-order valence-electron chi connectivity index (χ0n) is 25.4. The second-order valence-electron chi connectivity index (χ2n) is 5.56. The van der Waals surface area contributed by atoms with E-state index in [9.17, 15) is 5.11 Å². The summed E-state index contributed by atoms with van der Waals surface area (Å²) in [7, 11) is 0. The van der Waals surface area contributed by atoms with E-state index >= 15 is 0 Å². The maximum atomic E-state index is 10.2. The molecule has 3 aromatic carbocycles. The van der Waals surface area contributed by atoms with Gasteiger partial charge in [0.2, 0.25) is 0 Å². The van der Waals surface area contributed by atoms with Crippen molar-refractivity contribution in [1.82, 2.24) is 15.0 Å². The number of rotatable bonds is 3. The standard InChI is InChI=1S/C21H15N3O.6C2H6/c25-18-14-8-7-13-17(18)21-23-19(15-9-3-1-4-10-15)22-20(24-21)16-11-5-2-6-12-16;6*1-2/h1-14,25H;6*1-2H3. The second-order valence-corrected chi connectivity index (χ2v) is 5.56. The molecule has 0 saturated carbocycles. The van der Waals surface area contributed by atoms with E-state index in [0.29, 0.717) is 23.0 Å². The first kappa shape index (κ1) is 38.0. The van der Waals surface area contributed by atoms with Gasteiger partial charge in [-0.15, -0.1) is 0 Å². The highest BCUT2D eigenvalue weighted by Crippen LogP contribution is 2.29. The quantitative estimate of drug-likeness (QED) is 0.301. The molecule has 0 amide bonds. The van der Waals surface area contributed by atoms with E-state index in [4.69, 9.17) is 0 Å². The number of hydrogen-bond donors (Lipinski definition) is 1. The third kappa shape index (κ3) is 13.4. The molecule has 37 heavy (non-hydrogen) atoms. The van der Waals surface area contributed by atoms with Gasteiger partial charge >= 0.3 is 0 Å². The molecule has 4 nitrogen and oxygen atoms in total. The number of phenols is 1. The molecule has 0 atom stereocenters. The molecule has 0 aliphatic heterocycles. The number of para-hydroxylation sites is 1. The normalized spacial score (nSPS) is 8.11. The lowest BCUT2D eigenvalue weighted by atomic mass is 10.1. The molecule has 204 valence electrons. The molecule has 0 bridgehead atoms. The smallest absolute Gasteiger partial charge is 0.167 e. The molecule has 0 saturated heterocycles. The summed E-state index contributed by atoms with van der Waals surface area (Å²) in [4.78, 5) is 13.8. The monoisotopic (exact) mass is 505 g/mol. The van der Waals surface area contributed by atoms with Crippen molar-refractivity contribution in [2.45, 2.75) is 83.1 Å². The molecule has 4 rings (SSSR count). The van der Waals surface area contributed by atoms with Crippen LogP contribution in [0.1, 0.15) is 83.1 Å². The first-order valence-electron chi connectivity index (χ1n) is 14.0. The Labute approximate surface area is 227 Å². The number of benzene rings is 3. The van der Waals surface area contributed by atoms with E-state index in [1.165, 1.54) is 0 Å². The first-order chi connectivity index (χ1) is 18.3. The third-order valence-electron chi connectivity index (χ3n) is 3.84. The lowest BCUT2D eigenvalue weighted by Crippen LogP contribution is -2.00. The number of nitrogens with zero attached hydrogens (tertiary/aromatic N) is 3. The van der Waals surface area contributed by atoms with Crippen LogP contribution in [0, 0.1) is 0 Å². The molecular formula is C33H51N3O. The van der Waals surface area contributed by atoms with Crippen LogP contribution in [-0.2, 0) is 0 Å². The van der Waals surface area contributed by atoms with Gasteiger partial charge in [-0.2, -0.15) is 0 Å². The van der Waals surface area contributed by atoms with Gasteiger partial charge in [0.1, 0.15) is 5.75 Å². The van der Waals surface area contributed by atoms with Crippen molar-refractivity contribution < 1.29 is 5.11 Å². The van der Waals surface area contributed by atoms with Crippen LogP contribution in [0.2, 0.25) is 0 Å². The van der Waals surface area contributed by atoms with Gasteiger partial charge in [0, 0.05) is 11.1 Å². The number of hydrogen-bond acceptors (Lipinski definition) is 4. The Kier molecular flexibility index (Phi) is 27.8. The topological polar surface area (TPSA) is 58.9 Å². The van der Waals surface area contributed by atoms with Crippen LogP contribution in [0.3, 0.4) is 0 Å². The van der Waals surface area contributed by atoms with Crippen molar-refractivity contribution >= 4 is 0 Å². The summed E-state index contributed by atoms with van der Waals surface area (Å²) in [6.45, 7) is 24.0. The fourth-order valence-corrected chi connectivity index (χ4v) is 2.59. The predicted octanol–water partition coefficient (Wildman–Crippen LogP) is 10.7. The fraction of sp³-hybridized carbons (Fsp3) is 0.364. The largest absolute Gasteiger partial charge is 0.507 e. The number of phenolic OH excluding ortho intramolecular Hbond substituents is 1. The average molecular weight is 506 g/mol. The van der Waals surface area contributed by atoms with Crippen LogP contribution in [0.5, 0.6) is 5.75 Å². The molecule has 0 radical (unpaired) electrons. The van der Waals surface area contributed by atoms with E-state index in [-0.39, 0.29) is 5.75 Å². The molecule has 0 aliphatic rings. The summed E-state index contributed by atoms with van der Waals surface area (Å²) in [6.07, 6.45) is 0. The van der Waals surface area contributed by atoms with E-state index < -0.39 is 0 Å². The summed E-state index contributed by atoms with van der Waals surface area (Å²) in [6, 6.07) is 26.6. The van der Waals surface area contributed by atoms with E-state index in [2.05, 4.69) is 15.0 Å². The SMILES string of the molecule is CC.CC.CC.CC.CC.CC.Oc1ccccc1-c1nc(-c2ccccc2)nc(-c2ccccc2)n1. The molecule has 0 unspecified atom stereocenters. The van der Waals surface area contributed by atoms with E-state index in [0.717, 1.165) is 11.1 Å². The fourth-order valence-electron chi connectivity index (χ4n) is 2.59. The second kappa shape index (κ2) is 27.1. The molecule has 1 heterocycles. The molecule has 4 aromatic rings. The van der Waals surface area contributed by atoms with Crippen LogP contribution in [0.4, 0.5) is 0 Å².